The number of esters is 6. The number of ether oxygens (including phenoxy) is 10. The predicted octanol–water partition coefficient (Wildman–Crippen LogP) is 5.34. The number of hydrogen-bond acceptors (Lipinski definition) is 16. The molecular formula is C40H64O16. The molecule has 16 heteroatoms. The van der Waals surface area contributed by atoms with Gasteiger partial charge in [-0.05, 0) is 38.5 Å². The van der Waals surface area contributed by atoms with Gasteiger partial charge in [0.25, 0.3) is 0 Å². The van der Waals surface area contributed by atoms with E-state index in [0.29, 0.717) is 13.2 Å². The summed E-state index contributed by atoms with van der Waals surface area (Å²) in [5, 5.41) is 0. The third kappa shape index (κ3) is 20.5. The summed E-state index contributed by atoms with van der Waals surface area (Å²) in [4.78, 5) is 70.0. The van der Waals surface area contributed by atoms with Gasteiger partial charge in [0.05, 0.1) is 13.2 Å². The van der Waals surface area contributed by atoms with Gasteiger partial charge in [-0.25, -0.2) is 0 Å². The van der Waals surface area contributed by atoms with Gasteiger partial charge in [0.15, 0.2) is 49.2 Å². The van der Waals surface area contributed by atoms with Crippen LogP contribution in [-0.2, 0) is 76.1 Å². The molecule has 56 heavy (non-hydrogen) atoms. The van der Waals surface area contributed by atoms with Crippen LogP contribution >= 0.6 is 0 Å². The second kappa shape index (κ2) is 27.9. The minimum Gasteiger partial charge on any atom is -0.456 e. The summed E-state index contributed by atoms with van der Waals surface area (Å²) in [6, 6.07) is 0. The lowest BCUT2D eigenvalue weighted by Gasteiger charge is -2.40. The number of unbranched alkanes of at least 4 members (excludes halogenated alkanes) is 12. The number of carbonyl (C=O) groups is 6. The smallest absolute Gasteiger partial charge is 0.303 e. The van der Waals surface area contributed by atoms with E-state index >= 15 is 0 Å². The highest BCUT2D eigenvalue weighted by atomic mass is 16.7. The average Bonchev–Trinajstić information content (AvgIpc) is 3.10. The average molecular weight is 801 g/mol. The Kier molecular flexibility index (Phi) is 24.2. The molecule has 0 aromatic heterocycles. The molecule has 2 fully saturated rings. The Balaban J connectivity index is 1.50. The van der Waals surface area contributed by atoms with Crippen molar-refractivity contribution in [3.05, 3.63) is 12.2 Å². The first-order chi connectivity index (χ1) is 26.8. The van der Waals surface area contributed by atoms with E-state index in [1.807, 2.05) is 0 Å². The van der Waals surface area contributed by atoms with Crippen LogP contribution in [0.1, 0.15) is 131 Å². The van der Waals surface area contributed by atoms with Gasteiger partial charge in [0.2, 0.25) is 0 Å². The van der Waals surface area contributed by atoms with Crippen LogP contribution in [0.4, 0.5) is 0 Å². The van der Waals surface area contributed by atoms with Crippen LogP contribution in [0.2, 0.25) is 0 Å². The van der Waals surface area contributed by atoms with Crippen LogP contribution in [0.15, 0.2) is 12.2 Å². The highest BCUT2D eigenvalue weighted by Gasteiger charge is 2.48. The van der Waals surface area contributed by atoms with Crippen LogP contribution in [0.25, 0.3) is 0 Å². The molecule has 0 spiro atoms. The fourth-order valence-electron chi connectivity index (χ4n) is 6.48. The van der Waals surface area contributed by atoms with E-state index in [9.17, 15) is 28.8 Å². The molecular weight excluding hydrogens is 736 g/mol. The first kappa shape index (κ1) is 48.5. The summed E-state index contributed by atoms with van der Waals surface area (Å²) >= 11 is 0. The molecule has 2 rings (SSSR count). The van der Waals surface area contributed by atoms with Crippen molar-refractivity contribution >= 4 is 35.8 Å². The lowest BCUT2D eigenvalue weighted by molar-refractivity contribution is -0.281. The molecule has 0 unspecified atom stereocenters. The molecule has 16 nitrogen and oxygen atoms in total. The Morgan fingerprint density at radius 1 is 0.411 bits per heavy atom. The fraction of sp³-hybridized carbons (Fsp3) is 0.800. The Labute approximate surface area is 330 Å². The van der Waals surface area contributed by atoms with Gasteiger partial charge in [0.1, 0.15) is 0 Å². The second-order valence-corrected chi connectivity index (χ2v) is 14.0. The third-order valence-electron chi connectivity index (χ3n) is 8.87. The molecule has 2 aliphatic heterocycles. The molecule has 0 radical (unpaired) electrons. The molecule has 2 aliphatic rings. The van der Waals surface area contributed by atoms with Crippen LogP contribution < -0.4 is 0 Å². The topological polar surface area (TPSA) is 195 Å². The Hall–Kier alpha value is -3.60. The lowest BCUT2D eigenvalue weighted by Crippen LogP contribution is -2.58. The van der Waals surface area contributed by atoms with E-state index in [-0.39, 0.29) is 13.2 Å². The Morgan fingerprint density at radius 2 is 0.696 bits per heavy atom. The molecule has 0 bridgehead atoms. The van der Waals surface area contributed by atoms with E-state index in [0.717, 1.165) is 89.9 Å². The number of hydrogen-bond donors (Lipinski definition) is 0. The zero-order chi connectivity index (χ0) is 41.3. The summed E-state index contributed by atoms with van der Waals surface area (Å²) in [6.45, 7) is 8.03. The summed E-state index contributed by atoms with van der Waals surface area (Å²) in [5.74, 6) is -3.54. The number of carbonyl (C=O) groups excluding carboxylic acids is 6. The van der Waals surface area contributed by atoms with Crippen molar-refractivity contribution in [1.82, 2.24) is 0 Å². The van der Waals surface area contributed by atoms with Gasteiger partial charge in [-0.2, -0.15) is 0 Å². The van der Waals surface area contributed by atoms with Gasteiger partial charge in [-0.1, -0.05) is 63.5 Å². The fourth-order valence-corrected chi connectivity index (χ4v) is 6.48. The quantitative estimate of drug-likeness (QED) is 0.0470. The van der Waals surface area contributed by atoms with Gasteiger partial charge < -0.3 is 47.4 Å². The maximum absolute atomic E-state index is 11.8. The van der Waals surface area contributed by atoms with E-state index in [2.05, 4.69) is 12.2 Å². The highest BCUT2D eigenvalue weighted by molar-refractivity contribution is 5.69. The van der Waals surface area contributed by atoms with E-state index in [4.69, 9.17) is 47.4 Å². The molecule has 0 aromatic rings. The molecule has 0 aliphatic carbocycles. The molecule has 2 heterocycles. The molecule has 0 saturated carbocycles. The maximum atomic E-state index is 11.8. The van der Waals surface area contributed by atoms with Crippen molar-refractivity contribution in [3.8, 4) is 0 Å². The monoisotopic (exact) mass is 800 g/mol. The summed E-state index contributed by atoms with van der Waals surface area (Å²) in [7, 11) is 0. The summed E-state index contributed by atoms with van der Waals surface area (Å²) in [5.41, 5.74) is 0. The standard InChI is InChI=1S/C40H64O16/c1-27(41)51-33-25-49-39(37(55-31(5)45)35(33)53-29(3)43)47-23-21-19-17-15-13-11-9-7-8-10-12-14-16-18-20-22-24-48-40-38(56-32(6)46)36(54-30(4)44)34(26-50-40)52-28(2)42/h7-8,33-40H,9-26H2,1-6H3/b8-7+/t33-,34-,35+,36+,37-,38-,39+,40+/m1/s1. The molecule has 2 saturated heterocycles. The largest absolute Gasteiger partial charge is 0.456 e. The lowest BCUT2D eigenvalue weighted by atomic mass is 10.0. The molecule has 320 valence electrons. The van der Waals surface area contributed by atoms with E-state index in [1.54, 1.807) is 0 Å². The van der Waals surface area contributed by atoms with Crippen molar-refractivity contribution in [2.45, 2.75) is 181 Å². The highest BCUT2D eigenvalue weighted by Crippen LogP contribution is 2.27. The molecule has 0 N–H and O–H groups in total. The van der Waals surface area contributed by atoms with Crippen LogP contribution in [0.5, 0.6) is 0 Å². The normalized spacial score (nSPS) is 24.9. The zero-order valence-corrected chi connectivity index (χ0v) is 34.0. The van der Waals surface area contributed by atoms with Crippen LogP contribution in [0.3, 0.4) is 0 Å². The Morgan fingerprint density at radius 3 is 1.02 bits per heavy atom. The van der Waals surface area contributed by atoms with E-state index < -0.39 is 85.0 Å². The molecule has 0 amide bonds. The van der Waals surface area contributed by atoms with Crippen LogP contribution in [0, 0.1) is 0 Å². The maximum Gasteiger partial charge on any atom is 0.303 e. The van der Waals surface area contributed by atoms with Crippen molar-refractivity contribution in [1.29, 1.82) is 0 Å². The van der Waals surface area contributed by atoms with E-state index in [1.165, 1.54) is 41.5 Å². The van der Waals surface area contributed by atoms with Crippen molar-refractivity contribution in [3.63, 3.8) is 0 Å². The molecule has 8 atom stereocenters. The summed E-state index contributed by atoms with van der Waals surface area (Å²) in [6.07, 6.45) is 11.2. The SMILES string of the molecule is CC(=O)O[C@@H]1[C@@H](OC(C)=O)[C@@H](OCCCCCCCC/C=C/CCCCCCCCO[C@H]2OC[C@@H](OC(C)=O)[C@H](OC(C)=O)[C@H]2OC(C)=O)OC[C@H]1OC(C)=O. The Bertz CT molecular complexity index is 1140. The predicted molar refractivity (Wildman–Crippen MR) is 198 cm³/mol. The van der Waals surface area contributed by atoms with Crippen molar-refractivity contribution in [2.75, 3.05) is 26.4 Å². The minimum absolute atomic E-state index is 0.0557. The second-order valence-electron chi connectivity index (χ2n) is 14.0. The van der Waals surface area contributed by atoms with Crippen molar-refractivity contribution < 1.29 is 76.1 Å². The van der Waals surface area contributed by atoms with Gasteiger partial charge in [0, 0.05) is 54.8 Å². The molecule has 0 aromatic carbocycles. The first-order valence-corrected chi connectivity index (χ1v) is 19.9. The van der Waals surface area contributed by atoms with Gasteiger partial charge in [-0.3, -0.25) is 28.8 Å². The minimum atomic E-state index is -1.06. The van der Waals surface area contributed by atoms with Gasteiger partial charge >= 0.3 is 35.8 Å². The third-order valence-corrected chi connectivity index (χ3v) is 8.87. The van der Waals surface area contributed by atoms with Crippen molar-refractivity contribution in [2.24, 2.45) is 0 Å². The summed E-state index contributed by atoms with van der Waals surface area (Å²) < 4.78 is 55.0. The van der Waals surface area contributed by atoms with Crippen LogP contribution in [-0.4, -0.2) is 111 Å². The van der Waals surface area contributed by atoms with Gasteiger partial charge in [-0.15, -0.1) is 0 Å². The first-order valence-electron chi connectivity index (χ1n) is 19.9. The number of rotatable bonds is 26. The number of allylic oxidation sites excluding steroid dienone is 2. The zero-order valence-electron chi connectivity index (χ0n) is 34.0.